The monoisotopic (exact) mass is 432 g/mol. The number of nitrogens with one attached hydrogen (secondary N) is 2. The van der Waals surface area contributed by atoms with Gasteiger partial charge in [-0.15, -0.1) is 0 Å². The number of anilines is 1. The molecule has 0 spiro atoms. The molecule has 0 saturated heterocycles. The van der Waals surface area contributed by atoms with Gasteiger partial charge >= 0.3 is 0 Å². The Labute approximate surface area is 184 Å². The van der Waals surface area contributed by atoms with Gasteiger partial charge in [-0.3, -0.25) is 5.41 Å². The lowest BCUT2D eigenvalue weighted by atomic mass is 10.1. The summed E-state index contributed by atoms with van der Waals surface area (Å²) in [4.78, 5) is 4.87. The van der Waals surface area contributed by atoms with E-state index in [2.05, 4.69) is 9.88 Å². The van der Waals surface area contributed by atoms with Crippen molar-refractivity contribution in [3.8, 4) is 17.1 Å². The fourth-order valence-electron chi connectivity index (χ4n) is 3.71. The molecule has 6 heteroatoms. The Morgan fingerprint density at radius 2 is 1.73 bits per heavy atom. The van der Waals surface area contributed by atoms with Crippen LogP contribution in [0.3, 0.4) is 0 Å². The molecule has 0 saturated carbocycles. The second kappa shape index (κ2) is 7.63. The molecule has 2 aliphatic carbocycles. The summed E-state index contributed by atoms with van der Waals surface area (Å²) in [6, 6.07) is 19.5. The molecule has 0 radical (unpaired) electrons. The van der Waals surface area contributed by atoms with Crippen LogP contribution in [0, 0.1) is 5.41 Å². The Hall–Kier alpha value is -3.08. The van der Waals surface area contributed by atoms with Gasteiger partial charge in [0.15, 0.2) is 0 Å². The largest absolute Gasteiger partial charge is 0.357 e. The highest BCUT2D eigenvalue weighted by Gasteiger charge is 2.16. The summed E-state index contributed by atoms with van der Waals surface area (Å²) in [5.41, 5.74) is 6.28. The smallest absolute Gasteiger partial charge is 0.0900 e. The Balaban J connectivity index is 1.72. The van der Waals surface area contributed by atoms with Gasteiger partial charge in [0, 0.05) is 21.4 Å². The highest BCUT2D eigenvalue weighted by molar-refractivity contribution is 6.30. The minimum absolute atomic E-state index is 0.406. The maximum Gasteiger partial charge on any atom is 0.0900 e. The van der Waals surface area contributed by atoms with Crippen molar-refractivity contribution in [2.75, 3.05) is 5.32 Å². The quantitative estimate of drug-likeness (QED) is 0.364. The van der Waals surface area contributed by atoms with Crippen LogP contribution in [0.5, 0.6) is 0 Å². The Kier molecular flexibility index (Phi) is 4.81. The number of allylic oxidation sites excluding steroid dienone is 4. The maximum atomic E-state index is 8.62. The standard InChI is InChI=1S/C24H18Cl2N4/c25-15-5-9-17(10-6-15)28-21-14-22-24(13-19(21)27)30(18-11-7-16(26)8-12-18)23-4-2-1-3-20(23)29-22/h1-5,7-9,11-14,27-28H,6,10H2. The average molecular weight is 433 g/mol. The van der Waals surface area contributed by atoms with Crippen molar-refractivity contribution < 1.29 is 0 Å². The van der Waals surface area contributed by atoms with Gasteiger partial charge in [0.25, 0.3) is 0 Å². The van der Waals surface area contributed by atoms with E-state index in [1.807, 2.05) is 72.8 Å². The van der Waals surface area contributed by atoms with Crippen molar-refractivity contribution in [2.24, 2.45) is 0 Å². The number of para-hydroxylation sites is 2. The fraction of sp³-hybridized carbons (Fsp3) is 0.0833. The van der Waals surface area contributed by atoms with Gasteiger partial charge in [-0.2, -0.15) is 0 Å². The molecule has 2 N–H and O–H groups in total. The van der Waals surface area contributed by atoms with E-state index in [-0.39, 0.29) is 0 Å². The molecular formula is C24H18Cl2N4. The van der Waals surface area contributed by atoms with Crippen LogP contribution in [-0.2, 0) is 0 Å². The fourth-order valence-corrected chi connectivity index (χ4v) is 4.00. The van der Waals surface area contributed by atoms with Crippen molar-refractivity contribution >= 4 is 39.9 Å². The number of hydrogen-bond acceptors (Lipinski definition) is 3. The van der Waals surface area contributed by atoms with E-state index in [4.69, 9.17) is 33.6 Å². The van der Waals surface area contributed by atoms with Gasteiger partial charge in [-0.25, -0.2) is 4.98 Å². The lowest BCUT2D eigenvalue weighted by molar-refractivity contribution is 0.949. The van der Waals surface area contributed by atoms with E-state index in [0.29, 0.717) is 10.4 Å². The highest BCUT2D eigenvalue weighted by atomic mass is 35.5. The molecule has 0 unspecified atom stereocenters. The van der Waals surface area contributed by atoms with Crippen LogP contribution in [0.2, 0.25) is 5.02 Å². The van der Waals surface area contributed by atoms with E-state index < -0.39 is 0 Å². The van der Waals surface area contributed by atoms with E-state index in [1.165, 1.54) is 0 Å². The molecule has 0 aromatic heterocycles. The van der Waals surface area contributed by atoms with Gasteiger partial charge in [0.2, 0.25) is 0 Å². The molecule has 2 aromatic rings. The van der Waals surface area contributed by atoms with Crippen LogP contribution >= 0.6 is 23.2 Å². The number of benzene rings is 3. The summed E-state index contributed by atoms with van der Waals surface area (Å²) in [5, 5.41) is 13.9. The molecule has 3 aliphatic rings. The van der Waals surface area contributed by atoms with Crippen molar-refractivity contribution in [2.45, 2.75) is 12.8 Å². The van der Waals surface area contributed by atoms with E-state index in [1.54, 1.807) is 0 Å². The first-order valence-corrected chi connectivity index (χ1v) is 10.4. The van der Waals surface area contributed by atoms with Crippen LogP contribution in [0.1, 0.15) is 12.8 Å². The molecule has 1 heterocycles. The Morgan fingerprint density at radius 1 is 0.933 bits per heavy atom. The molecule has 4 nitrogen and oxygen atoms in total. The molecule has 148 valence electrons. The van der Waals surface area contributed by atoms with Crippen LogP contribution in [0.15, 0.2) is 83.5 Å². The summed E-state index contributed by atoms with van der Waals surface area (Å²) in [5.74, 6) is 0. The maximum absolute atomic E-state index is 8.62. The number of hydrogen-bond donors (Lipinski definition) is 2. The topological polar surface area (TPSA) is 53.7 Å². The summed E-state index contributed by atoms with van der Waals surface area (Å²) >= 11 is 12.2. The molecule has 0 atom stereocenters. The van der Waals surface area contributed by atoms with Crippen molar-refractivity contribution in [1.29, 1.82) is 5.41 Å². The third-order valence-corrected chi connectivity index (χ3v) is 5.76. The molecule has 2 aromatic carbocycles. The van der Waals surface area contributed by atoms with Crippen molar-refractivity contribution in [3.63, 3.8) is 0 Å². The number of fused-ring (bicyclic) bond motifs is 2. The lowest BCUT2D eigenvalue weighted by Crippen LogP contribution is -2.15. The normalized spacial score (nSPS) is 13.9. The van der Waals surface area contributed by atoms with E-state index in [0.717, 1.165) is 57.4 Å². The van der Waals surface area contributed by atoms with Gasteiger partial charge in [-0.1, -0.05) is 35.3 Å². The van der Waals surface area contributed by atoms with Gasteiger partial charge in [-0.05, 0) is 73.5 Å². The van der Waals surface area contributed by atoms with Gasteiger partial charge in [0.1, 0.15) is 0 Å². The zero-order valence-electron chi connectivity index (χ0n) is 16.0. The van der Waals surface area contributed by atoms with Crippen molar-refractivity contribution in [3.05, 3.63) is 93.9 Å². The third kappa shape index (κ3) is 3.49. The summed E-state index contributed by atoms with van der Waals surface area (Å²) in [6.45, 7) is 0. The zero-order chi connectivity index (χ0) is 20.7. The first kappa shape index (κ1) is 18.9. The number of nitrogens with zero attached hydrogens (tertiary/aromatic N) is 2. The minimum Gasteiger partial charge on any atom is -0.357 e. The predicted octanol–water partition coefficient (Wildman–Crippen LogP) is 6.48. The van der Waals surface area contributed by atoms with E-state index in [9.17, 15) is 0 Å². The number of halogens is 2. The minimum atomic E-state index is 0.406. The lowest BCUT2D eigenvalue weighted by Gasteiger charge is -2.20. The molecule has 30 heavy (non-hydrogen) atoms. The molecule has 1 aliphatic heterocycles. The van der Waals surface area contributed by atoms with Crippen LogP contribution in [0.25, 0.3) is 28.1 Å². The SMILES string of the molecule is N=c1cc2n(-c3ccc(Cl)cc3)c3ccccc3nc-2cc1NC1=CC=C(Cl)CC1. The summed E-state index contributed by atoms with van der Waals surface area (Å²) in [7, 11) is 0. The van der Waals surface area contributed by atoms with Gasteiger partial charge in [0.05, 0.1) is 33.5 Å². The van der Waals surface area contributed by atoms with Crippen LogP contribution in [0.4, 0.5) is 5.69 Å². The molecule has 5 rings (SSSR count). The van der Waals surface area contributed by atoms with Crippen molar-refractivity contribution in [1.82, 2.24) is 9.55 Å². The average Bonchev–Trinajstić information content (AvgIpc) is 2.75. The molecular weight excluding hydrogens is 415 g/mol. The Morgan fingerprint density at radius 3 is 2.50 bits per heavy atom. The first-order chi connectivity index (χ1) is 14.6. The molecule has 0 amide bonds. The highest BCUT2D eigenvalue weighted by Crippen LogP contribution is 2.31. The second-order valence-corrected chi connectivity index (χ2v) is 8.15. The number of rotatable bonds is 3. The summed E-state index contributed by atoms with van der Waals surface area (Å²) in [6.07, 6.45) is 5.50. The Bertz CT molecular complexity index is 1350. The van der Waals surface area contributed by atoms with Crippen LogP contribution < -0.4 is 10.7 Å². The number of aromatic nitrogens is 2. The first-order valence-electron chi connectivity index (χ1n) is 9.67. The van der Waals surface area contributed by atoms with Gasteiger partial charge < -0.3 is 9.88 Å². The molecule has 0 bridgehead atoms. The second-order valence-electron chi connectivity index (χ2n) is 7.23. The summed E-state index contributed by atoms with van der Waals surface area (Å²) < 4.78 is 2.12. The molecule has 0 fully saturated rings. The zero-order valence-corrected chi connectivity index (χ0v) is 17.5. The predicted molar refractivity (Wildman–Crippen MR) is 123 cm³/mol. The van der Waals surface area contributed by atoms with Crippen LogP contribution in [-0.4, -0.2) is 9.55 Å². The third-order valence-electron chi connectivity index (χ3n) is 5.20. The van der Waals surface area contributed by atoms with E-state index >= 15 is 0 Å².